The van der Waals surface area contributed by atoms with Gasteiger partial charge < -0.3 is 0 Å². The monoisotopic (exact) mass is 163 g/mol. The van der Waals surface area contributed by atoms with Gasteiger partial charge in [-0.3, -0.25) is 0 Å². The molecule has 12 heavy (non-hydrogen) atoms. The Kier molecular flexibility index (Phi) is 4.13. The molecule has 0 heterocycles. The summed E-state index contributed by atoms with van der Waals surface area (Å²) in [6, 6.07) is 0. The Labute approximate surface area is 76.4 Å². The third kappa shape index (κ3) is 3.25. The van der Waals surface area contributed by atoms with Crippen LogP contribution in [0.2, 0.25) is 0 Å². The molecule has 0 heteroatoms. The van der Waals surface area contributed by atoms with Crippen molar-refractivity contribution in [2.24, 2.45) is 0 Å². The lowest BCUT2D eigenvalue weighted by Gasteiger charge is -2.00. The lowest BCUT2D eigenvalue weighted by molar-refractivity contribution is 0.661. The van der Waals surface area contributed by atoms with E-state index in [1.165, 1.54) is 37.7 Å². The first-order valence-corrected chi connectivity index (χ1v) is 5.10. The van der Waals surface area contributed by atoms with E-state index in [0.717, 1.165) is 6.42 Å². The molecule has 1 aliphatic rings. The first kappa shape index (κ1) is 9.57. The van der Waals surface area contributed by atoms with Crippen LogP contribution < -0.4 is 0 Å². The largest absolute Gasteiger partial charge is 0.0655 e. The molecule has 0 aliphatic heterocycles. The van der Waals surface area contributed by atoms with E-state index in [2.05, 4.69) is 26.0 Å². The predicted octanol–water partition coefficient (Wildman–Crippen LogP) is 4.04. The highest BCUT2D eigenvalue weighted by atomic mass is 14.1. The molecule has 67 valence electrons. The van der Waals surface area contributed by atoms with E-state index >= 15 is 0 Å². The molecule has 0 saturated carbocycles. The number of unbranched alkanes of at least 4 members (excludes halogenated alkanes) is 3. The number of hydrogen-bond acceptors (Lipinski definition) is 0. The molecule has 0 saturated heterocycles. The van der Waals surface area contributed by atoms with Crippen LogP contribution in [0, 0.1) is 6.08 Å². The van der Waals surface area contributed by atoms with E-state index in [9.17, 15) is 0 Å². The molecule has 1 radical (unpaired) electrons. The highest BCUT2D eigenvalue weighted by Gasteiger charge is 2.02. The first-order chi connectivity index (χ1) is 5.83. The Bertz CT molecular complexity index is 184. The SMILES string of the molecule is CCCCCCC1=CC(C)=[C]C1. The zero-order chi connectivity index (χ0) is 8.81. The molecule has 0 unspecified atom stereocenters. The van der Waals surface area contributed by atoms with E-state index in [0.29, 0.717) is 0 Å². The normalized spacial score (nSPS) is 16.2. The maximum Gasteiger partial charge on any atom is -0.00583 e. The fourth-order valence-corrected chi connectivity index (χ4v) is 1.60. The number of rotatable bonds is 5. The Morgan fingerprint density at radius 2 is 2.17 bits per heavy atom. The quantitative estimate of drug-likeness (QED) is 0.537. The van der Waals surface area contributed by atoms with E-state index < -0.39 is 0 Å². The lowest BCUT2D eigenvalue weighted by atomic mass is 10.1. The van der Waals surface area contributed by atoms with Crippen LogP contribution in [0.15, 0.2) is 17.2 Å². The average molecular weight is 163 g/mol. The van der Waals surface area contributed by atoms with Gasteiger partial charge >= 0.3 is 0 Å². The van der Waals surface area contributed by atoms with E-state index in [4.69, 9.17) is 0 Å². The van der Waals surface area contributed by atoms with Gasteiger partial charge in [0.15, 0.2) is 0 Å². The Morgan fingerprint density at radius 1 is 1.33 bits per heavy atom. The van der Waals surface area contributed by atoms with Crippen molar-refractivity contribution in [3.8, 4) is 0 Å². The van der Waals surface area contributed by atoms with Gasteiger partial charge in [-0.25, -0.2) is 0 Å². The maximum absolute atomic E-state index is 3.33. The Balaban J connectivity index is 2.06. The van der Waals surface area contributed by atoms with Crippen LogP contribution in [-0.4, -0.2) is 0 Å². The third-order valence-electron chi connectivity index (χ3n) is 2.37. The third-order valence-corrected chi connectivity index (χ3v) is 2.37. The van der Waals surface area contributed by atoms with Crippen molar-refractivity contribution in [3.63, 3.8) is 0 Å². The van der Waals surface area contributed by atoms with E-state index in [-0.39, 0.29) is 0 Å². The van der Waals surface area contributed by atoms with Crippen LogP contribution in [0.3, 0.4) is 0 Å². The average Bonchev–Trinajstić information content (AvgIpc) is 2.45. The number of hydrogen-bond donors (Lipinski definition) is 0. The van der Waals surface area contributed by atoms with E-state index in [1.54, 1.807) is 5.57 Å². The molecule has 0 amide bonds. The standard InChI is InChI=1S/C12H19/c1-3-4-5-6-7-12-9-8-11(2)10-12/h10H,3-7,9H2,1-2H3. The van der Waals surface area contributed by atoms with Crippen LogP contribution in [0.25, 0.3) is 0 Å². The van der Waals surface area contributed by atoms with E-state index in [1.807, 2.05) is 0 Å². The zero-order valence-corrected chi connectivity index (χ0v) is 8.32. The summed E-state index contributed by atoms with van der Waals surface area (Å²) < 4.78 is 0. The minimum atomic E-state index is 1.10. The summed E-state index contributed by atoms with van der Waals surface area (Å²) in [6.45, 7) is 4.40. The second kappa shape index (κ2) is 5.18. The van der Waals surface area contributed by atoms with Crippen LogP contribution in [0.5, 0.6) is 0 Å². The van der Waals surface area contributed by atoms with Crippen molar-refractivity contribution in [2.45, 2.75) is 52.4 Å². The second-order valence-corrected chi connectivity index (χ2v) is 3.65. The minimum Gasteiger partial charge on any atom is -0.0655 e. The summed E-state index contributed by atoms with van der Waals surface area (Å²) in [7, 11) is 0. The van der Waals surface area contributed by atoms with Gasteiger partial charge in [0.05, 0.1) is 0 Å². The van der Waals surface area contributed by atoms with Crippen molar-refractivity contribution in [3.05, 3.63) is 23.3 Å². The molecule has 0 bridgehead atoms. The van der Waals surface area contributed by atoms with Gasteiger partial charge in [0.25, 0.3) is 0 Å². The summed E-state index contributed by atoms with van der Waals surface area (Å²) in [5.41, 5.74) is 2.92. The highest BCUT2D eigenvalue weighted by Crippen LogP contribution is 2.21. The molecule has 0 fully saturated rings. The van der Waals surface area contributed by atoms with Crippen molar-refractivity contribution >= 4 is 0 Å². The van der Waals surface area contributed by atoms with Gasteiger partial charge in [-0.15, -0.1) is 0 Å². The van der Waals surface area contributed by atoms with Crippen molar-refractivity contribution in [1.29, 1.82) is 0 Å². The molecular formula is C12H19. The van der Waals surface area contributed by atoms with Gasteiger partial charge in [0.2, 0.25) is 0 Å². The molecular weight excluding hydrogens is 144 g/mol. The Hall–Kier alpha value is -0.520. The second-order valence-electron chi connectivity index (χ2n) is 3.65. The molecule has 1 rings (SSSR count). The van der Waals surface area contributed by atoms with Gasteiger partial charge in [0.1, 0.15) is 0 Å². The topological polar surface area (TPSA) is 0 Å². The van der Waals surface area contributed by atoms with Gasteiger partial charge in [-0.2, -0.15) is 0 Å². The molecule has 0 atom stereocenters. The van der Waals surface area contributed by atoms with Gasteiger partial charge in [0, 0.05) is 0 Å². The molecule has 0 aromatic rings. The summed E-state index contributed by atoms with van der Waals surface area (Å²) in [6.07, 6.45) is 13.5. The molecule has 0 nitrogen and oxygen atoms in total. The van der Waals surface area contributed by atoms with Crippen molar-refractivity contribution in [1.82, 2.24) is 0 Å². The fourth-order valence-electron chi connectivity index (χ4n) is 1.60. The smallest absolute Gasteiger partial charge is 0.00583 e. The van der Waals surface area contributed by atoms with Gasteiger partial charge in [-0.1, -0.05) is 37.8 Å². The van der Waals surface area contributed by atoms with Crippen LogP contribution >= 0.6 is 0 Å². The van der Waals surface area contributed by atoms with Crippen molar-refractivity contribution < 1.29 is 0 Å². The zero-order valence-electron chi connectivity index (χ0n) is 8.32. The number of allylic oxidation sites excluding steroid dienone is 4. The predicted molar refractivity (Wildman–Crippen MR) is 53.9 cm³/mol. The fraction of sp³-hybridized carbons (Fsp3) is 0.667. The summed E-state index contributed by atoms with van der Waals surface area (Å²) in [5.74, 6) is 0. The molecule has 0 aromatic heterocycles. The lowest BCUT2D eigenvalue weighted by Crippen LogP contribution is -1.80. The van der Waals surface area contributed by atoms with Crippen LogP contribution in [0.1, 0.15) is 52.4 Å². The molecule has 0 spiro atoms. The highest BCUT2D eigenvalue weighted by molar-refractivity contribution is 5.27. The molecule has 0 N–H and O–H groups in total. The molecule has 1 aliphatic carbocycles. The van der Waals surface area contributed by atoms with Crippen LogP contribution in [0.4, 0.5) is 0 Å². The summed E-state index contributed by atoms with van der Waals surface area (Å²) in [5, 5.41) is 0. The van der Waals surface area contributed by atoms with Crippen LogP contribution in [-0.2, 0) is 0 Å². The summed E-state index contributed by atoms with van der Waals surface area (Å²) >= 11 is 0. The van der Waals surface area contributed by atoms with Gasteiger partial charge in [-0.05, 0) is 37.8 Å². The first-order valence-electron chi connectivity index (χ1n) is 5.10. The summed E-state index contributed by atoms with van der Waals surface area (Å²) in [4.78, 5) is 0. The minimum absolute atomic E-state index is 1.10. The van der Waals surface area contributed by atoms with Crippen molar-refractivity contribution in [2.75, 3.05) is 0 Å². The maximum atomic E-state index is 3.33. The molecule has 0 aromatic carbocycles. The Morgan fingerprint density at radius 3 is 2.75 bits per heavy atom.